The molecule has 1 aliphatic carbocycles. The number of benzene rings is 1. The Balaban J connectivity index is 1.62. The highest BCUT2D eigenvalue weighted by Gasteiger charge is 2.47. The summed E-state index contributed by atoms with van der Waals surface area (Å²) in [5.74, 6) is -0.297. The fourth-order valence-corrected chi connectivity index (χ4v) is 6.32. The van der Waals surface area contributed by atoms with Crippen LogP contribution in [0, 0.1) is 0 Å². The molecule has 1 unspecified atom stereocenters. The Bertz CT molecular complexity index is 912. The van der Waals surface area contributed by atoms with Crippen LogP contribution in [0.15, 0.2) is 30.3 Å². The highest BCUT2D eigenvalue weighted by Crippen LogP contribution is 2.45. The highest BCUT2D eigenvalue weighted by molar-refractivity contribution is 6.18. The summed E-state index contributed by atoms with van der Waals surface area (Å²) in [5.41, 5.74) is 1.99. The molecule has 182 valence electrons. The van der Waals surface area contributed by atoms with Gasteiger partial charge in [-0.25, -0.2) is 4.79 Å². The van der Waals surface area contributed by atoms with Crippen molar-refractivity contribution in [1.82, 2.24) is 10.1 Å². The lowest BCUT2D eigenvalue weighted by molar-refractivity contribution is -0.298. The van der Waals surface area contributed by atoms with Crippen LogP contribution in [0.1, 0.15) is 111 Å². The van der Waals surface area contributed by atoms with Crippen molar-refractivity contribution in [3.8, 4) is 0 Å². The van der Waals surface area contributed by atoms with Gasteiger partial charge < -0.3 is 4.84 Å². The van der Waals surface area contributed by atoms with E-state index in [-0.39, 0.29) is 34.2 Å². The molecule has 2 aliphatic heterocycles. The van der Waals surface area contributed by atoms with E-state index in [4.69, 9.17) is 9.68 Å². The number of rotatable bonds is 4. The van der Waals surface area contributed by atoms with Gasteiger partial charge in [0.2, 0.25) is 0 Å². The molecule has 0 radical (unpaired) electrons. The first kappa shape index (κ1) is 24.4. The van der Waals surface area contributed by atoms with Gasteiger partial charge in [0.05, 0.1) is 16.7 Å². The summed E-state index contributed by atoms with van der Waals surface area (Å²) >= 11 is 0. The summed E-state index contributed by atoms with van der Waals surface area (Å²) in [6, 6.07) is 8.06. The normalized spacial score (nSPS) is 28.1. The fraction of sp³-hybridized carbons (Fsp3) is 0.679. The molecule has 0 bridgehead atoms. The van der Waals surface area contributed by atoms with Gasteiger partial charge in [0.25, 0.3) is 0 Å². The van der Waals surface area contributed by atoms with Crippen LogP contribution in [-0.2, 0) is 14.5 Å². The molecule has 2 saturated heterocycles. The zero-order valence-electron chi connectivity index (χ0n) is 21.8. The first-order chi connectivity index (χ1) is 15.2. The molecule has 0 spiro atoms. The van der Waals surface area contributed by atoms with Crippen molar-refractivity contribution in [2.75, 3.05) is 0 Å². The zero-order valence-corrected chi connectivity index (χ0v) is 21.8. The lowest BCUT2D eigenvalue weighted by Crippen LogP contribution is -2.58. The van der Waals surface area contributed by atoms with Crippen LogP contribution in [0.4, 0.5) is 0 Å². The second-order valence-electron chi connectivity index (χ2n) is 12.6. The zero-order chi connectivity index (χ0) is 24.2. The van der Waals surface area contributed by atoms with Gasteiger partial charge in [-0.05, 0) is 111 Å². The van der Waals surface area contributed by atoms with E-state index in [1.807, 2.05) is 29.3 Å². The number of nitrogens with zero attached hydrogens (tertiary/aromatic N) is 2. The summed E-state index contributed by atoms with van der Waals surface area (Å²) in [7, 11) is 0. The molecule has 0 amide bonds. The molecule has 4 rings (SSSR count). The van der Waals surface area contributed by atoms with Gasteiger partial charge in [0.15, 0.2) is 0 Å². The van der Waals surface area contributed by atoms with Crippen molar-refractivity contribution in [1.29, 1.82) is 0 Å². The van der Waals surface area contributed by atoms with E-state index in [0.29, 0.717) is 5.57 Å². The minimum atomic E-state index is -0.303. The molecule has 1 atom stereocenters. The third-order valence-corrected chi connectivity index (χ3v) is 7.84. The highest BCUT2D eigenvalue weighted by atomic mass is 16.7. The van der Waals surface area contributed by atoms with E-state index < -0.39 is 0 Å². The van der Waals surface area contributed by atoms with Crippen LogP contribution in [0.5, 0.6) is 0 Å². The van der Waals surface area contributed by atoms with E-state index in [9.17, 15) is 4.79 Å². The second kappa shape index (κ2) is 8.21. The monoisotopic (exact) mass is 454 g/mol. The number of hydrogen-bond donors (Lipinski definition) is 0. The summed E-state index contributed by atoms with van der Waals surface area (Å²) in [5, 5.41) is 4.10. The molecule has 3 aliphatic rings. The summed E-state index contributed by atoms with van der Waals surface area (Å²) in [6.07, 6.45) is 8.16. The van der Waals surface area contributed by atoms with E-state index in [1.165, 1.54) is 6.42 Å². The maximum Gasteiger partial charge on any atom is 0.357 e. The number of piperidine rings is 2. The molecule has 1 aromatic carbocycles. The number of hydroxylamine groups is 4. The van der Waals surface area contributed by atoms with E-state index >= 15 is 0 Å². The third-order valence-electron chi connectivity index (χ3n) is 7.84. The van der Waals surface area contributed by atoms with Gasteiger partial charge in [-0.3, -0.25) is 4.84 Å². The molecular formula is C28H42N2O3. The molecule has 2 fully saturated rings. The van der Waals surface area contributed by atoms with E-state index in [1.54, 1.807) is 0 Å². The van der Waals surface area contributed by atoms with Crippen molar-refractivity contribution in [2.45, 2.75) is 122 Å². The average Bonchev–Trinajstić information content (AvgIpc) is 3.06. The van der Waals surface area contributed by atoms with Crippen molar-refractivity contribution < 1.29 is 14.5 Å². The SMILES string of the molecule is CC1(C)CCCC(C)(C)N1OC(=O)C1=CC(ON2C(C)(C)CCCC2(C)C)c2ccccc21. The lowest BCUT2D eigenvalue weighted by atomic mass is 9.82. The maximum absolute atomic E-state index is 13.5. The van der Waals surface area contributed by atoms with Crippen molar-refractivity contribution >= 4 is 11.5 Å². The Morgan fingerprint density at radius 3 is 1.82 bits per heavy atom. The molecule has 0 saturated carbocycles. The van der Waals surface area contributed by atoms with Gasteiger partial charge in [-0.1, -0.05) is 24.3 Å². The van der Waals surface area contributed by atoms with Crippen molar-refractivity contribution in [2.24, 2.45) is 0 Å². The Morgan fingerprint density at radius 1 is 0.788 bits per heavy atom. The third kappa shape index (κ3) is 4.52. The largest absolute Gasteiger partial charge is 0.363 e. The molecule has 2 heterocycles. The Kier molecular flexibility index (Phi) is 6.08. The van der Waals surface area contributed by atoms with E-state index in [0.717, 1.165) is 43.2 Å². The Labute approximate surface area is 200 Å². The molecule has 33 heavy (non-hydrogen) atoms. The van der Waals surface area contributed by atoms with Crippen LogP contribution in [0.25, 0.3) is 5.57 Å². The standard InChI is InChI=1S/C28H42N2O3/c1-25(2)15-11-16-26(3,4)29(25)32-23-19-22(20-13-9-10-14-21(20)23)24(31)33-30-27(5,6)17-12-18-28(30,7)8/h9-10,13-14,19,23H,11-12,15-18H2,1-8H3. The summed E-state index contributed by atoms with van der Waals surface area (Å²) < 4.78 is 0. The lowest BCUT2D eigenvalue weighted by Gasteiger charge is -2.52. The van der Waals surface area contributed by atoms with E-state index in [2.05, 4.69) is 66.5 Å². The van der Waals surface area contributed by atoms with Gasteiger partial charge in [0.1, 0.15) is 6.10 Å². The van der Waals surface area contributed by atoms with Crippen LogP contribution >= 0.6 is 0 Å². The predicted octanol–water partition coefficient (Wildman–Crippen LogP) is 6.60. The Hall–Kier alpha value is -1.69. The van der Waals surface area contributed by atoms with Crippen molar-refractivity contribution in [3.63, 3.8) is 0 Å². The van der Waals surface area contributed by atoms with Gasteiger partial charge in [-0.15, -0.1) is 5.06 Å². The van der Waals surface area contributed by atoms with Gasteiger partial charge in [0, 0.05) is 11.1 Å². The first-order valence-electron chi connectivity index (χ1n) is 12.6. The minimum Gasteiger partial charge on any atom is -0.363 e. The molecule has 5 nitrogen and oxygen atoms in total. The van der Waals surface area contributed by atoms with Crippen LogP contribution in [0.3, 0.4) is 0 Å². The molecule has 0 N–H and O–H groups in total. The number of fused-ring (bicyclic) bond motifs is 1. The fourth-order valence-electron chi connectivity index (χ4n) is 6.32. The van der Waals surface area contributed by atoms with Crippen molar-refractivity contribution in [3.05, 3.63) is 41.5 Å². The van der Waals surface area contributed by atoms with Crippen LogP contribution in [0.2, 0.25) is 0 Å². The topological polar surface area (TPSA) is 42.0 Å². The number of carbonyl (C=O) groups excluding carboxylic acids is 1. The van der Waals surface area contributed by atoms with Crippen LogP contribution in [-0.4, -0.2) is 38.3 Å². The van der Waals surface area contributed by atoms with Gasteiger partial charge >= 0.3 is 5.97 Å². The smallest absolute Gasteiger partial charge is 0.357 e. The quantitative estimate of drug-likeness (QED) is 0.513. The number of hydrogen-bond acceptors (Lipinski definition) is 5. The van der Waals surface area contributed by atoms with Crippen LogP contribution < -0.4 is 0 Å². The maximum atomic E-state index is 13.5. The predicted molar refractivity (Wildman–Crippen MR) is 132 cm³/mol. The number of carbonyl (C=O) groups is 1. The Morgan fingerprint density at radius 2 is 1.27 bits per heavy atom. The first-order valence-corrected chi connectivity index (χ1v) is 12.6. The molecule has 5 heteroatoms. The molecule has 0 aromatic heterocycles. The second-order valence-corrected chi connectivity index (χ2v) is 12.6. The summed E-state index contributed by atoms with van der Waals surface area (Å²) in [4.78, 5) is 26.4. The molecule has 1 aromatic rings. The average molecular weight is 455 g/mol. The van der Waals surface area contributed by atoms with Gasteiger partial charge in [-0.2, -0.15) is 5.06 Å². The molecular weight excluding hydrogens is 412 g/mol. The summed E-state index contributed by atoms with van der Waals surface area (Å²) in [6.45, 7) is 17.6. The minimum absolute atomic E-state index is 0.0738.